The molecule has 0 bridgehead atoms. The van der Waals surface area contributed by atoms with E-state index in [1.807, 2.05) is 0 Å². The van der Waals surface area contributed by atoms with Gasteiger partial charge in [0.25, 0.3) is 0 Å². The molecule has 3 nitrogen and oxygen atoms in total. The highest BCUT2D eigenvalue weighted by atomic mass is 19.2. The lowest BCUT2D eigenvalue weighted by molar-refractivity contribution is 0.0601. The van der Waals surface area contributed by atoms with Crippen molar-refractivity contribution in [2.45, 2.75) is 0 Å². The van der Waals surface area contributed by atoms with Crippen LogP contribution in [0.15, 0.2) is 12.1 Å². The third kappa shape index (κ3) is 1.69. The third-order valence-electron chi connectivity index (χ3n) is 1.56. The van der Waals surface area contributed by atoms with Crippen molar-refractivity contribution in [1.29, 1.82) is 0 Å². The van der Waals surface area contributed by atoms with Crippen LogP contribution in [-0.2, 0) is 4.74 Å². The maximum absolute atomic E-state index is 12.7. The summed E-state index contributed by atoms with van der Waals surface area (Å²) in [6, 6.07) is 1.31. The highest BCUT2D eigenvalue weighted by Crippen LogP contribution is 2.23. The molecule has 0 radical (unpaired) electrons. The van der Waals surface area contributed by atoms with E-state index in [0.29, 0.717) is 12.1 Å². The molecule has 14 heavy (non-hydrogen) atoms. The average molecular weight is 197 g/mol. The van der Waals surface area contributed by atoms with Crippen molar-refractivity contribution in [2.75, 3.05) is 7.11 Å². The van der Waals surface area contributed by atoms with Crippen molar-refractivity contribution in [1.82, 2.24) is 0 Å². The minimum atomic E-state index is -1.18. The van der Waals surface area contributed by atoms with Crippen LogP contribution in [0.25, 0.3) is 4.85 Å². The number of benzene rings is 1. The van der Waals surface area contributed by atoms with Crippen LogP contribution in [0.3, 0.4) is 0 Å². The number of ether oxygens (including phenoxy) is 1. The molecule has 0 amide bonds. The van der Waals surface area contributed by atoms with Crippen molar-refractivity contribution >= 4 is 11.7 Å². The first-order valence-electron chi connectivity index (χ1n) is 3.55. The van der Waals surface area contributed by atoms with Gasteiger partial charge >= 0.3 is 5.97 Å². The van der Waals surface area contributed by atoms with E-state index in [0.717, 1.165) is 7.11 Å². The molecular weight excluding hydrogens is 192 g/mol. The van der Waals surface area contributed by atoms with Gasteiger partial charge in [-0.1, -0.05) is 0 Å². The molecule has 5 heteroatoms. The lowest BCUT2D eigenvalue weighted by Gasteiger charge is -2.02. The molecule has 0 spiro atoms. The van der Waals surface area contributed by atoms with E-state index in [9.17, 15) is 13.6 Å². The van der Waals surface area contributed by atoms with Crippen molar-refractivity contribution in [3.63, 3.8) is 0 Å². The van der Waals surface area contributed by atoms with Gasteiger partial charge in [-0.2, -0.15) is 0 Å². The molecule has 1 aromatic carbocycles. The summed E-state index contributed by atoms with van der Waals surface area (Å²) < 4.78 is 29.7. The molecule has 0 aromatic heterocycles. The van der Waals surface area contributed by atoms with E-state index in [1.165, 1.54) is 0 Å². The first kappa shape index (κ1) is 10.1. The molecule has 0 aliphatic rings. The molecule has 0 heterocycles. The Balaban J connectivity index is 3.36. The average Bonchev–Trinajstić information content (AvgIpc) is 2.20. The molecular formula is C9H5F2NO2. The first-order chi connectivity index (χ1) is 6.60. The number of hydrogen-bond donors (Lipinski definition) is 0. The molecule has 0 saturated carbocycles. The van der Waals surface area contributed by atoms with Crippen molar-refractivity contribution in [3.05, 3.63) is 40.7 Å². The van der Waals surface area contributed by atoms with Crippen LogP contribution in [-0.4, -0.2) is 13.1 Å². The second-order valence-electron chi connectivity index (χ2n) is 2.39. The van der Waals surface area contributed by atoms with Crippen molar-refractivity contribution in [3.8, 4) is 0 Å². The second kappa shape index (κ2) is 3.83. The zero-order valence-electron chi connectivity index (χ0n) is 7.17. The number of methoxy groups -OCH3 is 1. The van der Waals surface area contributed by atoms with Crippen LogP contribution >= 0.6 is 0 Å². The smallest absolute Gasteiger partial charge is 0.327 e. The Morgan fingerprint density at radius 1 is 1.43 bits per heavy atom. The van der Waals surface area contributed by atoms with Gasteiger partial charge in [-0.25, -0.2) is 18.4 Å². The quantitative estimate of drug-likeness (QED) is 0.510. The van der Waals surface area contributed by atoms with Crippen LogP contribution in [0.4, 0.5) is 14.5 Å². The van der Waals surface area contributed by atoms with E-state index in [-0.39, 0.29) is 11.3 Å². The molecule has 0 aliphatic heterocycles. The Kier molecular flexibility index (Phi) is 2.77. The van der Waals surface area contributed by atoms with Gasteiger partial charge in [-0.3, -0.25) is 0 Å². The SMILES string of the molecule is [C-]#[N+]c1cc(F)c(F)cc1C(=O)OC. The minimum absolute atomic E-state index is 0.268. The van der Waals surface area contributed by atoms with Crippen LogP contribution in [0.5, 0.6) is 0 Å². The first-order valence-corrected chi connectivity index (χ1v) is 3.55. The number of rotatable bonds is 1. The molecule has 72 valence electrons. The largest absolute Gasteiger partial charge is 0.466 e. The van der Waals surface area contributed by atoms with Crippen LogP contribution < -0.4 is 0 Å². The second-order valence-corrected chi connectivity index (χ2v) is 2.39. The summed E-state index contributed by atoms with van der Waals surface area (Å²) in [4.78, 5) is 13.9. The predicted molar refractivity (Wildman–Crippen MR) is 44.0 cm³/mol. The lowest BCUT2D eigenvalue weighted by atomic mass is 10.1. The fraction of sp³-hybridized carbons (Fsp3) is 0.111. The van der Waals surface area contributed by atoms with Gasteiger partial charge in [-0.15, -0.1) is 0 Å². The molecule has 0 N–H and O–H groups in total. The zero-order valence-corrected chi connectivity index (χ0v) is 7.17. The topological polar surface area (TPSA) is 30.7 Å². The van der Waals surface area contributed by atoms with Crippen LogP contribution in [0.2, 0.25) is 0 Å². The summed E-state index contributed by atoms with van der Waals surface area (Å²) in [5.74, 6) is -3.21. The Morgan fingerprint density at radius 3 is 2.50 bits per heavy atom. The normalized spacial score (nSPS) is 9.29. The van der Waals surface area contributed by atoms with Gasteiger partial charge in [-0.05, 0) is 12.1 Å². The maximum atomic E-state index is 12.7. The monoisotopic (exact) mass is 197 g/mol. The van der Waals surface area contributed by atoms with Gasteiger partial charge in [0.15, 0.2) is 5.82 Å². The molecule has 1 rings (SSSR count). The van der Waals surface area contributed by atoms with Crippen molar-refractivity contribution in [2.24, 2.45) is 0 Å². The lowest BCUT2D eigenvalue weighted by Crippen LogP contribution is -2.02. The number of halogens is 2. The van der Waals surface area contributed by atoms with Gasteiger partial charge < -0.3 is 4.74 Å². The van der Waals surface area contributed by atoms with Crippen molar-refractivity contribution < 1.29 is 18.3 Å². The van der Waals surface area contributed by atoms with E-state index >= 15 is 0 Å². The number of carbonyl (C=O) groups excluding carboxylic acids is 1. The Morgan fingerprint density at radius 2 is 2.00 bits per heavy atom. The summed E-state index contributed by atoms with van der Waals surface area (Å²) in [6.07, 6.45) is 0. The highest BCUT2D eigenvalue weighted by molar-refractivity contribution is 5.95. The highest BCUT2D eigenvalue weighted by Gasteiger charge is 2.16. The predicted octanol–water partition coefficient (Wildman–Crippen LogP) is 2.30. The number of carbonyl (C=O) groups is 1. The van der Waals surface area contributed by atoms with Gasteiger partial charge in [0.2, 0.25) is 5.69 Å². The summed E-state index contributed by atoms with van der Waals surface area (Å²) >= 11 is 0. The maximum Gasteiger partial charge on any atom is 0.327 e. The van der Waals surface area contributed by atoms with Gasteiger partial charge in [0.1, 0.15) is 5.82 Å². The van der Waals surface area contributed by atoms with E-state index in [1.54, 1.807) is 0 Å². The molecule has 1 aromatic rings. The Labute approximate surface area is 78.7 Å². The van der Waals surface area contributed by atoms with E-state index < -0.39 is 17.6 Å². The summed E-state index contributed by atoms with van der Waals surface area (Å²) in [5.41, 5.74) is -0.544. The zero-order chi connectivity index (χ0) is 10.7. The number of nitrogens with zero attached hydrogens (tertiary/aromatic N) is 1. The number of hydrogen-bond acceptors (Lipinski definition) is 2. The molecule has 0 fully saturated rings. The summed E-state index contributed by atoms with van der Waals surface area (Å²) in [7, 11) is 1.09. The fourth-order valence-electron chi connectivity index (χ4n) is 0.902. The fourth-order valence-corrected chi connectivity index (χ4v) is 0.902. The Hall–Kier alpha value is -1.96. The van der Waals surface area contributed by atoms with Crippen LogP contribution in [0, 0.1) is 18.2 Å². The molecule has 0 atom stereocenters. The van der Waals surface area contributed by atoms with E-state index in [4.69, 9.17) is 6.57 Å². The number of esters is 1. The van der Waals surface area contributed by atoms with Crippen LogP contribution in [0.1, 0.15) is 10.4 Å². The van der Waals surface area contributed by atoms with Gasteiger partial charge in [0.05, 0.1) is 19.2 Å². The standard InChI is InChI=1S/C9H5F2NO2/c1-12-8-4-7(11)6(10)3-5(8)9(13)14-2/h3-4H,2H3. The molecule has 0 saturated heterocycles. The summed E-state index contributed by atoms with van der Waals surface area (Å²) in [6.45, 7) is 6.65. The summed E-state index contributed by atoms with van der Waals surface area (Å²) in [5, 5.41) is 0. The van der Waals surface area contributed by atoms with Gasteiger partial charge in [0, 0.05) is 0 Å². The Bertz CT molecular complexity index is 424. The molecule has 0 aliphatic carbocycles. The third-order valence-corrected chi connectivity index (χ3v) is 1.56. The minimum Gasteiger partial charge on any atom is -0.466 e. The molecule has 0 unspecified atom stereocenters. The van der Waals surface area contributed by atoms with E-state index in [2.05, 4.69) is 9.58 Å².